The molecule has 2 N–H and O–H groups in total. The first-order valence-electron chi connectivity index (χ1n) is 11.5. The number of carboxylic acids is 2. The number of carboxylic acid groups (broad SMARTS) is 2. The van der Waals surface area contributed by atoms with Crippen LogP contribution in [0.15, 0.2) is 49.1 Å². The van der Waals surface area contributed by atoms with E-state index in [0.717, 1.165) is 45.7 Å². The van der Waals surface area contributed by atoms with E-state index in [0.29, 0.717) is 12.7 Å². The maximum absolute atomic E-state index is 10.6. The second-order valence-electron chi connectivity index (χ2n) is 8.79. The molecule has 2 aromatic rings. The van der Waals surface area contributed by atoms with Gasteiger partial charge in [-0.1, -0.05) is 6.07 Å². The van der Waals surface area contributed by atoms with Crippen molar-refractivity contribution in [1.82, 2.24) is 14.9 Å². The highest BCUT2D eigenvalue weighted by atomic mass is 19.4. The Balaban J connectivity index is 0.000000317. The predicted molar refractivity (Wildman–Crippen MR) is 122 cm³/mol. The number of fused-ring (bicyclic) bond motifs is 1. The Morgan fingerprint density at radius 1 is 1.00 bits per heavy atom. The van der Waals surface area contributed by atoms with E-state index in [1.165, 1.54) is 11.1 Å². The monoisotopic (exact) mass is 567 g/mol. The molecule has 0 saturated carbocycles. The van der Waals surface area contributed by atoms with Gasteiger partial charge in [-0.05, 0) is 42.2 Å². The Hall–Kier alpha value is -3.30. The zero-order valence-electron chi connectivity index (χ0n) is 20.5. The van der Waals surface area contributed by atoms with Crippen LogP contribution in [-0.4, -0.2) is 81.8 Å². The summed E-state index contributed by atoms with van der Waals surface area (Å²) < 4.78 is 75.6. The lowest BCUT2D eigenvalue weighted by Crippen LogP contribution is -2.51. The maximum Gasteiger partial charge on any atom is 0.490 e. The zero-order valence-corrected chi connectivity index (χ0v) is 20.5. The number of halogens is 6. The van der Waals surface area contributed by atoms with Crippen LogP contribution >= 0.6 is 0 Å². The normalized spacial score (nSPS) is 21.0. The van der Waals surface area contributed by atoms with Gasteiger partial charge in [-0.2, -0.15) is 26.3 Å². The summed E-state index contributed by atoms with van der Waals surface area (Å²) in [6.45, 7) is 5.30. The number of likely N-dealkylation sites (tertiary alicyclic amines) is 1. The summed E-state index contributed by atoms with van der Waals surface area (Å²) in [4.78, 5) is 28.6. The lowest BCUT2D eigenvalue weighted by atomic mass is 9.77. The number of hydrogen-bond acceptors (Lipinski definition) is 7. The fraction of sp³-hybridized carbons (Fsp3) is 0.500. The second kappa shape index (κ2) is 14.2. The van der Waals surface area contributed by atoms with Gasteiger partial charge in [0.1, 0.15) is 0 Å². The third-order valence-electron chi connectivity index (χ3n) is 5.87. The number of hydrogen-bond donors (Lipinski definition) is 2. The highest BCUT2D eigenvalue weighted by Crippen LogP contribution is 2.41. The first kappa shape index (κ1) is 31.9. The number of piperidine rings is 1. The van der Waals surface area contributed by atoms with Gasteiger partial charge >= 0.3 is 24.3 Å². The molecule has 9 nitrogen and oxygen atoms in total. The van der Waals surface area contributed by atoms with Crippen LogP contribution in [0.1, 0.15) is 24.0 Å². The number of carbonyl (C=O) groups is 2. The predicted octanol–water partition coefficient (Wildman–Crippen LogP) is 3.94. The number of ether oxygens (including phenoxy) is 2. The van der Waals surface area contributed by atoms with Crippen molar-refractivity contribution in [3.8, 4) is 0 Å². The van der Waals surface area contributed by atoms with Crippen molar-refractivity contribution in [1.29, 1.82) is 0 Å². The van der Waals surface area contributed by atoms with Crippen LogP contribution in [0.5, 0.6) is 0 Å². The minimum absolute atomic E-state index is 0.119. The van der Waals surface area contributed by atoms with Gasteiger partial charge in [0.05, 0.1) is 19.3 Å². The summed E-state index contributed by atoms with van der Waals surface area (Å²) in [7, 11) is 0. The molecule has 2 aliphatic rings. The molecule has 15 heteroatoms. The summed E-state index contributed by atoms with van der Waals surface area (Å²) >= 11 is 0. The van der Waals surface area contributed by atoms with Crippen LogP contribution in [-0.2, 0) is 32.2 Å². The first-order chi connectivity index (χ1) is 18.2. The van der Waals surface area contributed by atoms with Gasteiger partial charge in [-0.25, -0.2) is 9.59 Å². The summed E-state index contributed by atoms with van der Waals surface area (Å²) in [6.07, 6.45) is -0.256. The Morgan fingerprint density at radius 3 is 2.15 bits per heavy atom. The molecule has 2 atom stereocenters. The SMILES string of the molecule is O=C(O)C(F)(F)F.O=C(O)C(F)(F)F.c1cncc(CN2CC[C@H]3OCC[C@@]3(COCc3ccncc3)C2)c1. The molecule has 2 aromatic heterocycles. The van der Waals surface area contributed by atoms with E-state index in [1.807, 2.05) is 43.0 Å². The molecule has 0 bridgehead atoms. The van der Waals surface area contributed by atoms with Crippen molar-refractivity contribution in [3.05, 3.63) is 60.2 Å². The van der Waals surface area contributed by atoms with Crippen molar-refractivity contribution < 1.29 is 55.6 Å². The fourth-order valence-corrected chi connectivity index (χ4v) is 4.08. The standard InChI is InChI=1S/C20H25N3O2.2C2HF3O2/c1-2-18(12-22-7-1)13-23-10-5-19-20(15-23,6-11-25-19)16-24-14-17-3-8-21-9-4-17;2*3-2(4,5)1(6)7/h1-4,7-9,12,19H,5-6,10-11,13-16H2;2*(H,6,7)/t19-,20+;;/m1../s1. The first-order valence-corrected chi connectivity index (χ1v) is 11.5. The average Bonchev–Trinajstić information content (AvgIpc) is 3.28. The van der Waals surface area contributed by atoms with E-state index in [1.54, 1.807) is 0 Å². The van der Waals surface area contributed by atoms with Crippen LogP contribution in [0, 0.1) is 5.41 Å². The minimum atomic E-state index is -5.08. The van der Waals surface area contributed by atoms with E-state index in [2.05, 4.69) is 20.9 Å². The molecule has 39 heavy (non-hydrogen) atoms. The number of rotatable bonds is 6. The van der Waals surface area contributed by atoms with Crippen molar-refractivity contribution >= 4 is 11.9 Å². The Labute approximate surface area is 219 Å². The highest BCUT2D eigenvalue weighted by molar-refractivity contribution is 5.73. The summed E-state index contributed by atoms with van der Waals surface area (Å²) in [6, 6.07) is 8.18. The number of aromatic nitrogens is 2. The average molecular weight is 567 g/mol. The van der Waals surface area contributed by atoms with Crippen molar-refractivity contribution in [2.45, 2.75) is 44.4 Å². The lowest BCUT2D eigenvalue weighted by Gasteiger charge is -2.43. The van der Waals surface area contributed by atoms with Gasteiger partial charge in [0.2, 0.25) is 0 Å². The molecule has 0 aliphatic carbocycles. The van der Waals surface area contributed by atoms with Crippen molar-refractivity contribution in [3.63, 3.8) is 0 Å². The Kier molecular flexibility index (Phi) is 11.6. The molecule has 0 amide bonds. The summed E-state index contributed by atoms with van der Waals surface area (Å²) in [5, 5.41) is 14.2. The molecule has 216 valence electrons. The van der Waals surface area contributed by atoms with Gasteiger partial charge in [0.25, 0.3) is 0 Å². The van der Waals surface area contributed by atoms with E-state index in [-0.39, 0.29) is 5.41 Å². The molecule has 0 unspecified atom stereocenters. The van der Waals surface area contributed by atoms with Crippen LogP contribution < -0.4 is 0 Å². The summed E-state index contributed by atoms with van der Waals surface area (Å²) in [5.74, 6) is -5.51. The van der Waals surface area contributed by atoms with E-state index < -0.39 is 24.3 Å². The Morgan fingerprint density at radius 2 is 1.62 bits per heavy atom. The molecular weight excluding hydrogens is 540 g/mol. The Bertz CT molecular complexity index is 1020. The molecule has 4 heterocycles. The lowest BCUT2D eigenvalue weighted by molar-refractivity contribution is -0.193. The fourth-order valence-electron chi connectivity index (χ4n) is 4.08. The van der Waals surface area contributed by atoms with Crippen LogP contribution in [0.4, 0.5) is 26.3 Å². The van der Waals surface area contributed by atoms with Gasteiger partial charge in [-0.3, -0.25) is 14.9 Å². The van der Waals surface area contributed by atoms with Crippen LogP contribution in [0.3, 0.4) is 0 Å². The largest absolute Gasteiger partial charge is 0.490 e. The topological polar surface area (TPSA) is 122 Å². The van der Waals surface area contributed by atoms with Crippen molar-refractivity contribution in [2.75, 3.05) is 26.3 Å². The van der Waals surface area contributed by atoms with Gasteiger partial charge in [0.15, 0.2) is 0 Å². The molecule has 0 aromatic carbocycles. The van der Waals surface area contributed by atoms with E-state index in [9.17, 15) is 26.3 Å². The molecule has 0 radical (unpaired) electrons. The molecule has 4 rings (SSSR count). The highest BCUT2D eigenvalue weighted by Gasteiger charge is 2.48. The van der Waals surface area contributed by atoms with Gasteiger partial charge in [-0.15, -0.1) is 0 Å². The van der Waals surface area contributed by atoms with Crippen molar-refractivity contribution in [2.24, 2.45) is 5.41 Å². The van der Waals surface area contributed by atoms with Gasteiger partial charge in [0, 0.05) is 56.4 Å². The molecule has 2 fully saturated rings. The number of alkyl halides is 6. The minimum Gasteiger partial charge on any atom is -0.475 e. The quantitative estimate of drug-likeness (QED) is 0.500. The maximum atomic E-state index is 10.6. The summed E-state index contributed by atoms with van der Waals surface area (Å²) in [5.41, 5.74) is 2.56. The molecular formula is C24H27F6N3O6. The van der Waals surface area contributed by atoms with Crippen LogP contribution in [0.2, 0.25) is 0 Å². The van der Waals surface area contributed by atoms with E-state index >= 15 is 0 Å². The van der Waals surface area contributed by atoms with E-state index in [4.69, 9.17) is 29.3 Å². The van der Waals surface area contributed by atoms with Crippen LogP contribution in [0.25, 0.3) is 0 Å². The number of pyridine rings is 2. The third-order valence-corrected chi connectivity index (χ3v) is 5.87. The number of aliphatic carboxylic acids is 2. The molecule has 2 aliphatic heterocycles. The molecule has 0 spiro atoms. The molecule has 2 saturated heterocycles. The smallest absolute Gasteiger partial charge is 0.475 e. The second-order valence-corrected chi connectivity index (χ2v) is 8.79. The zero-order chi connectivity index (χ0) is 29.1. The van der Waals surface area contributed by atoms with Gasteiger partial charge < -0.3 is 19.7 Å². The number of nitrogens with zero attached hydrogens (tertiary/aromatic N) is 3. The third kappa shape index (κ3) is 10.8.